The molecule has 3 aromatic carbocycles. The number of para-hydroxylation sites is 1. The number of benzene rings is 3. The topological polar surface area (TPSA) is 126 Å². The van der Waals surface area contributed by atoms with Crippen LogP contribution >= 0.6 is 0 Å². The molecule has 0 atom stereocenters. The average molecular weight is 398 g/mol. The van der Waals surface area contributed by atoms with Crippen molar-refractivity contribution in [2.75, 3.05) is 10.6 Å². The zero-order chi connectivity index (χ0) is 20.9. The van der Waals surface area contributed by atoms with Crippen LogP contribution < -0.4 is 16.4 Å². The number of rotatable bonds is 5. The van der Waals surface area contributed by atoms with Gasteiger partial charge in [-0.25, -0.2) is 9.78 Å². The lowest BCUT2D eigenvalue weighted by molar-refractivity contribution is 0.102. The lowest BCUT2D eigenvalue weighted by atomic mass is 10.1. The van der Waals surface area contributed by atoms with Crippen LogP contribution in [0.3, 0.4) is 0 Å². The number of hydrogen-bond acceptors (Lipinski definition) is 4. The predicted molar refractivity (Wildman–Crippen MR) is 115 cm³/mol. The Hall–Kier alpha value is -4.46. The lowest BCUT2D eigenvalue weighted by Crippen LogP contribution is -2.20. The van der Waals surface area contributed by atoms with Crippen molar-refractivity contribution in [1.29, 1.82) is 0 Å². The molecule has 0 aliphatic heterocycles. The fourth-order valence-corrected chi connectivity index (χ4v) is 2.97. The van der Waals surface area contributed by atoms with Gasteiger partial charge in [0.15, 0.2) is 11.6 Å². The molecule has 0 saturated heterocycles. The normalized spacial score (nSPS) is 10.4. The molecule has 0 radical (unpaired) electrons. The fourth-order valence-electron chi connectivity index (χ4n) is 2.97. The van der Waals surface area contributed by atoms with Crippen LogP contribution in [0.1, 0.15) is 10.4 Å². The van der Waals surface area contributed by atoms with Crippen LogP contribution in [-0.2, 0) is 0 Å². The van der Waals surface area contributed by atoms with Gasteiger partial charge in [0.2, 0.25) is 0 Å². The Bertz CT molecular complexity index is 1200. The molecule has 0 fully saturated rings. The van der Waals surface area contributed by atoms with Gasteiger partial charge in [0.1, 0.15) is 0 Å². The van der Waals surface area contributed by atoms with E-state index in [4.69, 9.17) is 5.73 Å². The minimum Gasteiger partial charge on any atom is -0.351 e. The number of H-pyrrole nitrogens is 1. The molecule has 0 aliphatic carbocycles. The van der Waals surface area contributed by atoms with Crippen LogP contribution in [0.5, 0.6) is 0 Å². The van der Waals surface area contributed by atoms with Gasteiger partial charge in [-0.05, 0) is 30.3 Å². The van der Waals surface area contributed by atoms with E-state index in [1.54, 1.807) is 30.3 Å². The molecule has 8 heteroatoms. The molecule has 4 rings (SSSR count). The summed E-state index contributed by atoms with van der Waals surface area (Å²) in [6, 6.07) is 22.7. The molecule has 1 heterocycles. The monoisotopic (exact) mass is 398 g/mol. The van der Waals surface area contributed by atoms with E-state index in [9.17, 15) is 9.59 Å². The van der Waals surface area contributed by atoms with Gasteiger partial charge in [-0.2, -0.15) is 5.10 Å². The number of nitrogens with one attached hydrogen (secondary N) is 3. The van der Waals surface area contributed by atoms with Crippen LogP contribution in [0.2, 0.25) is 0 Å². The molecule has 3 amide bonds. The van der Waals surface area contributed by atoms with Crippen molar-refractivity contribution in [3.8, 4) is 22.8 Å². The number of aromatic nitrogens is 3. The average Bonchev–Trinajstić information content (AvgIpc) is 3.24. The molecule has 148 valence electrons. The number of carbonyl (C=O) groups is 2. The summed E-state index contributed by atoms with van der Waals surface area (Å²) in [5, 5.41) is 12.5. The second-order valence-corrected chi connectivity index (χ2v) is 6.44. The summed E-state index contributed by atoms with van der Waals surface area (Å²) in [5.74, 6) is 0.768. The molecule has 30 heavy (non-hydrogen) atoms. The zero-order valence-electron chi connectivity index (χ0n) is 15.8. The van der Waals surface area contributed by atoms with Gasteiger partial charge in [0, 0.05) is 22.4 Å². The summed E-state index contributed by atoms with van der Waals surface area (Å²) >= 11 is 0. The molecule has 8 nitrogen and oxygen atoms in total. The molecule has 0 saturated carbocycles. The van der Waals surface area contributed by atoms with Crippen LogP contribution in [0.25, 0.3) is 22.8 Å². The van der Waals surface area contributed by atoms with Gasteiger partial charge in [-0.3, -0.25) is 9.89 Å². The van der Waals surface area contributed by atoms with Crippen molar-refractivity contribution in [3.05, 3.63) is 84.4 Å². The first kappa shape index (κ1) is 18.9. The molecule has 5 N–H and O–H groups in total. The number of carbonyl (C=O) groups excluding carboxylic acids is 2. The third-order valence-corrected chi connectivity index (χ3v) is 4.34. The highest BCUT2D eigenvalue weighted by Gasteiger charge is 2.14. The Morgan fingerprint density at radius 1 is 0.867 bits per heavy atom. The highest BCUT2D eigenvalue weighted by Crippen LogP contribution is 2.27. The van der Waals surface area contributed by atoms with Gasteiger partial charge in [-0.15, -0.1) is 0 Å². The van der Waals surface area contributed by atoms with Crippen molar-refractivity contribution in [2.45, 2.75) is 0 Å². The Kier molecular flexibility index (Phi) is 5.21. The zero-order valence-corrected chi connectivity index (χ0v) is 15.8. The number of primary amides is 1. The Morgan fingerprint density at radius 2 is 1.63 bits per heavy atom. The summed E-state index contributed by atoms with van der Waals surface area (Å²) < 4.78 is 0. The van der Waals surface area contributed by atoms with Gasteiger partial charge >= 0.3 is 6.03 Å². The SMILES string of the molecule is NC(=O)Nc1cccc(C(=O)Nc2ccccc2-c2nc(-c3ccccc3)n[nH]2)c1. The van der Waals surface area contributed by atoms with Crippen molar-refractivity contribution in [3.63, 3.8) is 0 Å². The Balaban J connectivity index is 1.59. The number of hydrogen-bond donors (Lipinski definition) is 4. The number of amides is 3. The smallest absolute Gasteiger partial charge is 0.316 e. The molecule has 0 aliphatic rings. The van der Waals surface area contributed by atoms with Crippen molar-refractivity contribution >= 4 is 23.3 Å². The predicted octanol–water partition coefficient (Wildman–Crippen LogP) is 3.88. The number of anilines is 2. The summed E-state index contributed by atoms with van der Waals surface area (Å²) in [5.41, 5.74) is 8.11. The van der Waals surface area contributed by atoms with E-state index in [2.05, 4.69) is 25.8 Å². The summed E-state index contributed by atoms with van der Waals surface area (Å²) in [4.78, 5) is 28.4. The van der Waals surface area contributed by atoms with E-state index in [1.165, 1.54) is 0 Å². The van der Waals surface area contributed by atoms with E-state index in [0.717, 1.165) is 5.56 Å². The number of nitrogens with zero attached hydrogens (tertiary/aromatic N) is 2. The highest BCUT2D eigenvalue weighted by molar-refractivity contribution is 6.06. The maximum Gasteiger partial charge on any atom is 0.316 e. The maximum absolute atomic E-state index is 12.8. The van der Waals surface area contributed by atoms with E-state index in [1.807, 2.05) is 48.5 Å². The fraction of sp³-hybridized carbons (Fsp3) is 0. The molecule has 0 spiro atoms. The van der Waals surface area contributed by atoms with E-state index in [-0.39, 0.29) is 5.91 Å². The van der Waals surface area contributed by atoms with Gasteiger partial charge in [0.05, 0.1) is 5.69 Å². The summed E-state index contributed by atoms with van der Waals surface area (Å²) in [6.45, 7) is 0. The van der Waals surface area contributed by atoms with Crippen LogP contribution in [0.4, 0.5) is 16.2 Å². The highest BCUT2D eigenvalue weighted by atomic mass is 16.2. The largest absolute Gasteiger partial charge is 0.351 e. The molecule has 0 bridgehead atoms. The minimum atomic E-state index is -0.697. The molecular weight excluding hydrogens is 380 g/mol. The van der Waals surface area contributed by atoms with Crippen molar-refractivity contribution in [2.24, 2.45) is 5.73 Å². The van der Waals surface area contributed by atoms with Crippen LogP contribution in [-0.4, -0.2) is 27.1 Å². The minimum absolute atomic E-state index is 0.335. The van der Waals surface area contributed by atoms with Crippen molar-refractivity contribution < 1.29 is 9.59 Å². The Labute approximate surface area is 172 Å². The van der Waals surface area contributed by atoms with Gasteiger partial charge in [0.25, 0.3) is 5.91 Å². The van der Waals surface area contributed by atoms with E-state index in [0.29, 0.717) is 34.2 Å². The van der Waals surface area contributed by atoms with Crippen molar-refractivity contribution in [1.82, 2.24) is 15.2 Å². The number of urea groups is 1. The van der Waals surface area contributed by atoms with E-state index >= 15 is 0 Å². The Morgan fingerprint density at radius 3 is 2.43 bits per heavy atom. The van der Waals surface area contributed by atoms with Crippen LogP contribution in [0, 0.1) is 0 Å². The van der Waals surface area contributed by atoms with Crippen LogP contribution in [0.15, 0.2) is 78.9 Å². The first-order chi connectivity index (χ1) is 14.6. The molecule has 0 unspecified atom stereocenters. The molecular formula is C22H18N6O2. The van der Waals surface area contributed by atoms with E-state index < -0.39 is 6.03 Å². The third-order valence-electron chi connectivity index (χ3n) is 4.34. The molecule has 4 aromatic rings. The lowest BCUT2D eigenvalue weighted by Gasteiger charge is -2.10. The number of nitrogens with two attached hydrogens (primary N) is 1. The summed E-state index contributed by atoms with van der Waals surface area (Å²) in [6.07, 6.45) is 0. The maximum atomic E-state index is 12.8. The first-order valence-electron chi connectivity index (χ1n) is 9.15. The second kappa shape index (κ2) is 8.27. The molecule has 1 aromatic heterocycles. The summed E-state index contributed by atoms with van der Waals surface area (Å²) in [7, 11) is 0. The number of aromatic amines is 1. The van der Waals surface area contributed by atoms with Gasteiger partial charge < -0.3 is 16.4 Å². The van der Waals surface area contributed by atoms with Gasteiger partial charge in [-0.1, -0.05) is 48.5 Å². The quantitative estimate of drug-likeness (QED) is 0.407. The second-order valence-electron chi connectivity index (χ2n) is 6.44. The first-order valence-corrected chi connectivity index (χ1v) is 9.15. The third kappa shape index (κ3) is 4.17. The standard InChI is InChI=1S/C22H18N6O2/c23-22(30)24-16-10-6-9-15(13-16)21(29)25-18-12-5-4-11-17(18)20-26-19(27-28-20)14-7-2-1-3-8-14/h1-13H,(H,25,29)(H3,23,24,30)(H,26,27,28).